The van der Waals surface area contributed by atoms with E-state index in [0.29, 0.717) is 15.1 Å². The molecular formula is C22H17BrN2O4S. The Kier molecular flexibility index (Phi) is 4.44. The number of aromatic nitrogens is 1. The molecule has 0 aliphatic carbocycles. The summed E-state index contributed by atoms with van der Waals surface area (Å²) in [5, 5.41) is 0. The zero-order valence-corrected chi connectivity index (χ0v) is 18.6. The molecule has 0 spiro atoms. The minimum absolute atomic E-state index is 0.181. The number of benzene rings is 2. The quantitative estimate of drug-likeness (QED) is 0.524. The Hall–Kier alpha value is -2.71. The van der Waals surface area contributed by atoms with Gasteiger partial charge in [0.25, 0.3) is 5.56 Å². The molecule has 0 amide bonds. The molecule has 2 aliphatic heterocycles. The third-order valence-electron chi connectivity index (χ3n) is 5.50. The average molecular weight is 485 g/mol. The van der Waals surface area contributed by atoms with Gasteiger partial charge < -0.3 is 9.47 Å². The van der Waals surface area contributed by atoms with Gasteiger partial charge in [-0.05, 0) is 36.8 Å². The van der Waals surface area contributed by atoms with Crippen molar-refractivity contribution in [1.82, 2.24) is 4.57 Å². The van der Waals surface area contributed by atoms with Crippen LogP contribution in [0.5, 0.6) is 5.75 Å². The first-order valence-corrected chi connectivity index (χ1v) is 11.0. The molecular weight excluding hydrogens is 468 g/mol. The van der Waals surface area contributed by atoms with Crippen molar-refractivity contribution in [2.75, 3.05) is 7.11 Å². The summed E-state index contributed by atoms with van der Waals surface area (Å²) < 4.78 is 14.4. The molecule has 30 heavy (non-hydrogen) atoms. The number of esters is 1. The Bertz CT molecular complexity index is 1340. The predicted molar refractivity (Wildman–Crippen MR) is 116 cm³/mol. The van der Waals surface area contributed by atoms with Crippen LogP contribution in [0.1, 0.15) is 24.1 Å². The van der Waals surface area contributed by atoms with Crippen LogP contribution < -0.4 is 19.6 Å². The van der Waals surface area contributed by atoms with E-state index in [4.69, 9.17) is 14.5 Å². The first-order valence-electron chi connectivity index (χ1n) is 9.35. The summed E-state index contributed by atoms with van der Waals surface area (Å²) >= 11 is 4.72. The summed E-state index contributed by atoms with van der Waals surface area (Å²) in [6.07, 6.45) is 1.84. The number of nitrogens with zero attached hydrogens (tertiary/aromatic N) is 2. The molecule has 0 radical (unpaired) electrons. The van der Waals surface area contributed by atoms with Crippen molar-refractivity contribution >= 4 is 39.3 Å². The molecule has 3 heterocycles. The summed E-state index contributed by atoms with van der Waals surface area (Å²) in [7, 11) is 1.34. The van der Waals surface area contributed by atoms with E-state index in [-0.39, 0.29) is 5.56 Å². The number of para-hydroxylation sites is 1. The Morgan fingerprint density at radius 2 is 2.00 bits per heavy atom. The number of ether oxygens (including phenoxy) is 2. The summed E-state index contributed by atoms with van der Waals surface area (Å²) in [6.45, 7) is 1.77. The van der Waals surface area contributed by atoms with Gasteiger partial charge in [-0.1, -0.05) is 57.6 Å². The molecule has 0 saturated carbocycles. The highest BCUT2D eigenvalue weighted by Crippen LogP contribution is 2.47. The van der Waals surface area contributed by atoms with E-state index in [1.165, 1.54) is 18.4 Å². The van der Waals surface area contributed by atoms with Crippen molar-refractivity contribution in [3.8, 4) is 5.75 Å². The second-order valence-electron chi connectivity index (χ2n) is 7.37. The average Bonchev–Trinajstić information content (AvgIpc) is 3.02. The normalized spacial score (nSPS) is 24.3. The number of hydrogen-bond acceptors (Lipinski definition) is 6. The van der Waals surface area contributed by atoms with E-state index in [1.54, 1.807) is 11.5 Å². The molecule has 2 aromatic carbocycles. The van der Waals surface area contributed by atoms with Crippen LogP contribution in [0.25, 0.3) is 6.08 Å². The molecule has 8 heteroatoms. The first kappa shape index (κ1) is 19.3. The molecule has 6 nitrogen and oxygen atoms in total. The van der Waals surface area contributed by atoms with Gasteiger partial charge in [0.2, 0.25) is 5.72 Å². The zero-order chi connectivity index (χ0) is 21.0. The topological polar surface area (TPSA) is 69.9 Å². The van der Waals surface area contributed by atoms with E-state index < -0.39 is 23.7 Å². The molecule has 5 rings (SSSR count). The van der Waals surface area contributed by atoms with E-state index in [2.05, 4.69) is 15.9 Å². The van der Waals surface area contributed by atoms with Crippen LogP contribution in [0, 0.1) is 5.92 Å². The fourth-order valence-corrected chi connectivity index (χ4v) is 5.51. The van der Waals surface area contributed by atoms with Crippen molar-refractivity contribution in [3.05, 3.63) is 83.8 Å². The van der Waals surface area contributed by atoms with Gasteiger partial charge in [0.05, 0.1) is 17.7 Å². The van der Waals surface area contributed by atoms with E-state index in [9.17, 15) is 9.59 Å². The summed E-state index contributed by atoms with van der Waals surface area (Å²) in [5.41, 5.74) is 0.346. The van der Waals surface area contributed by atoms with Gasteiger partial charge in [-0.2, -0.15) is 0 Å². The fraction of sp³-hybridized carbons (Fsp3) is 0.227. The summed E-state index contributed by atoms with van der Waals surface area (Å²) in [5.74, 6) is -0.600. The predicted octanol–water partition coefficient (Wildman–Crippen LogP) is 2.62. The smallest absolute Gasteiger partial charge is 0.317 e. The lowest BCUT2D eigenvalue weighted by Crippen LogP contribution is -2.58. The minimum atomic E-state index is -1.15. The largest absolute Gasteiger partial charge is 0.469 e. The van der Waals surface area contributed by atoms with Crippen molar-refractivity contribution in [2.24, 2.45) is 10.9 Å². The molecule has 0 saturated heterocycles. The molecule has 2 aliphatic rings. The summed E-state index contributed by atoms with van der Waals surface area (Å²) in [4.78, 5) is 31.4. The number of carbonyl (C=O) groups excluding carboxylic acids is 1. The van der Waals surface area contributed by atoms with Gasteiger partial charge in [-0.15, -0.1) is 0 Å². The Morgan fingerprint density at radius 3 is 2.73 bits per heavy atom. The van der Waals surface area contributed by atoms with Crippen LogP contribution in [0.2, 0.25) is 0 Å². The van der Waals surface area contributed by atoms with Crippen LogP contribution in [-0.2, 0) is 9.53 Å². The van der Waals surface area contributed by atoms with Crippen LogP contribution in [-0.4, -0.2) is 23.4 Å². The highest BCUT2D eigenvalue weighted by Gasteiger charge is 2.55. The van der Waals surface area contributed by atoms with Crippen LogP contribution in [0.15, 0.2) is 62.8 Å². The SMILES string of the molecule is COC(=O)[C@@H]1[C@H]2c3ccccc3O[C@@]1(C)N=c1s/c(=C\c3ccc(Br)cc3)c(=O)n12. The van der Waals surface area contributed by atoms with Crippen molar-refractivity contribution < 1.29 is 14.3 Å². The molecule has 0 unspecified atom stereocenters. The monoisotopic (exact) mass is 484 g/mol. The number of halogens is 1. The zero-order valence-electron chi connectivity index (χ0n) is 16.2. The number of carbonyl (C=O) groups is 1. The van der Waals surface area contributed by atoms with Gasteiger partial charge in [0.15, 0.2) is 4.80 Å². The van der Waals surface area contributed by atoms with Gasteiger partial charge in [-0.25, -0.2) is 4.99 Å². The lowest BCUT2D eigenvalue weighted by atomic mass is 9.81. The molecule has 2 bridgehead atoms. The number of thiazole rings is 1. The highest BCUT2D eigenvalue weighted by atomic mass is 79.9. The van der Waals surface area contributed by atoms with Gasteiger partial charge in [-0.3, -0.25) is 14.2 Å². The maximum atomic E-state index is 13.4. The summed E-state index contributed by atoms with van der Waals surface area (Å²) in [6, 6.07) is 14.6. The Labute approximate surface area is 184 Å². The Balaban J connectivity index is 1.79. The van der Waals surface area contributed by atoms with Crippen molar-refractivity contribution in [3.63, 3.8) is 0 Å². The number of rotatable bonds is 2. The third-order valence-corrected chi connectivity index (χ3v) is 7.01. The second-order valence-corrected chi connectivity index (χ2v) is 9.30. The van der Waals surface area contributed by atoms with E-state index in [1.807, 2.05) is 54.6 Å². The van der Waals surface area contributed by atoms with Crippen LogP contribution >= 0.6 is 27.3 Å². The third kappa shape index (κ3) is 2.86. The molecule has 3 aromatic rings. The van der Waals surface area contributed by atoms with Gasteiger partial charge >= 0.3 is 5.97 Å². The lowest BCUT2D eigenvalue weighted by Gasteiger charge is -2.44. The van der Waals surface area contributed by atoms with Gasteiger partial charge in [0, 0.05) is 10.0 Å². The molecule has 152 valence electrons. The Morgan fingerprint density at radius 1 is 1.27 bits per heavy atom. The number of methoxy groups -OCH3 is 1. The van der Waals surface area contributed by atoms with Crippen LogP contribution in [0.3, 0.4) is 0 Å². The van der Waals surface area contributed by atoms with E-state index in [0.717, 1.165) is 15.6 Å². The fourth-order valence-electron chi connectivity index (χ4n) is 4.14. The molecule has 0 fully saturated rings. The standard InChI is InChI=1S/C22H17BrN2O4S/c1-22-17(20(27)28-2)18(14-5-3-4-6-15(14)29-22)25-19(26)16(30-21(25)24-22)11-12-7-9-13(23)10-8-12/h3-11,17-18H,1-2H3/b16-11-/t17-,18+,22+/m0/s1. The first-order chi connectivity index (χ1) is 14.4. The van der Waals surface area contributed by atoms with Crippen molar-refractivity contribution in [1.29, 1.82) is 0 Å². The molecule has 0 N–H and O–H groups in total. The van der Waals surface area contributed by atoms with Crippen molar-refractivity contribution in [2.45, 2.75) is 18.7 Å². The van der Waals surface area contributed by atoms with E-state index >= 15 is 0 Å². The second kappa shape index (κ2) is 6.92. The molecule has 3 atom stereocenters. The number of fused-ring (bicyclic) bond motifs is 6. The minimum Gasteiger partial charge on any atom is -0.469 e. The lowest BCUT2D eigenvalue weighted by molar-refractivity contribution is -0.158. The highest BCUT2D eigenvalue weighted by molar-refractivity contribution is 9.10. The maximum absolute atomic E-state index is 13.4. The number of hydrogen-bond donors (Lipinski definition) is 0. The van der Waals surface area contributed by atoms with Crippen LogP contribution in [0.4, 0.5) is 0 Å². The van der Waals surface area contributed by atoms with Gasteiger partial charge in [0.1, 0.15) is 11.7 Å². The maximum Gasteiger partial charge on any atom is 0.317 e. The molecule has 1 aromatic heterocycles.